The first kappa shape index (κ1) is 19.5. The highest BCUT2D eigenvalue weighted by atomic mass is 32.2. The van der Waals surface area contributed by atoms with Crippen LogP contribution in [0.3, 0.4) is 0 Å². The topological polar surface area (TPSA) is 114 Å². The lowest BCUT2D eigenvalue weighted by atomic mass is 10.0. The molecule has 146 valence electrons. The maximum atomic E-state index is 11.3. The monoisotopic (exact) mass is 390 g/mol. The van der Waals surface area contributed by atoms with Crippen LogP contribution in [0.25, 0.3) is 0 Å². The maximum absolute atomic E-state index is 11.3. The molecule has 8 nitrogen and oxygen atoms in total. The van der Waals surface area contributed by atoms with Crippen LogP contribution in [0.15, 0.2) is 35.4 Å². The van der Waals surface area contributed by atoms with E-state index in [2.05, 4.69) is 32.3 Å². The van der Waals surface area contributed by atoms with Gasteiger partial charge in [0, 0.05) is 19.1 Å². The lowest BCUT2D eigenvalue weighted by molar-refractivity contribution is 0.446. The SMILES string of the molecule is CCC1CCCCN1c1cnnc(NCCc2ccc(S(N)(=O)=O)cc2)n1. The van der Waals surface area contributed by atoms with Gasteiger partial charge in [-0.25, -0.2) is 13.6 Å². The Kier molecular flexibility index (Phi) is 6.22. The average Bonchev–Trinajstić information content (AvgIpc) is 2.68. The lowest BCUT2D eigenvalue weighted by Gasteiger charge is -2.35. The first-order valence-electron chi connectivity index (χ1n) is 9.29. The number of sulfonamides is 1. The second kappa shape index (κ2) is 8.62. The molecule has 0 saturated carbocycles. The molecule has 1 aliphatic rings. The van der Waals surface area contributed by atoms with Crippen molar-refractivity contribution in [2.24, 2.45) is 5.14 Å². The van der Waals surface area contributed by atoms with Gasteiger partial charge in [0.25, 0.3) is 0 Å². The van der Waals surface area contributed by atoms with E-state index in [9.17, 15) is 8.42 Å². The molecule has 1 aromatic heterocycles. The minimum atomic E-state index is -3.65. The number of piperidine rings is 1. The quantitative estimate of drug-likeness (QED) is 0.742. The summed E-state index contributed by atoms with van der Waals surface area (Å²) in [5.41, 5.74) is 1.00. The molecule has 3 rings (SSSR count). The molecule has 1 fully saturated rings. The maximum Gasteiger partial charge on any atom is 0.244 e. The summed E-state index contributed by atoms with van der Waals surface area (Å²) in [5, 5.41) is 16.5. The molecular formula is C18H26N6O2S. The number of hydrogen-bond donors (Lipinski definition) is 2. The molecule has 3 N–H and O–H groups in total. The zero-order chi connectivity index (χ0) is 19.3. The van der Waals surface area contributed by atoms with Crippen molar-refractivity contribution in [3.8, 4) is 0 Å². The Bertz CT molecular complexity index is 856. The Morgan fingerprint density at radius 2 is 2.04 bits per heavy atom. The fourth-order valence-corrected chi connectivity index (χ4v) is 3.91. The van der Waals surface area contributed by atoms with E-state index >= 15 is 0 Å². The number of nitrogens with two attached hydrogens (primary N) is 1. The van der Waals surface area contributed by atoms with Gasteiger partial charge in [0.15, 0.2) is 5.82 Å². The first-order valence-corrected chi connectivity index (χ1v) is 10.8. The van der Waals surface area contributed by atoms with E-state index in [-0.39, 0.29) is 4.90 Å². The molecule has 9 heteroatoms. The number of benzene rings is 1. The van der Waals surface area contributed by atoms with E-state index in [1.807, 2.05) is 0 Å². The third kappa shape index (κ3) is 5.14. The van der Waals surface area contributed by atoms with Crippen LogP contribution in [-0.4, -0.2) is 42.7 Å². The number of nitrogens with zero attached hydrogens (tertiary/aromatic N) is 4. The number of hydrogen-bond acceptors (Lipinski definition) is 7. The van der Waals surface area contributed by atoms with Crippen molar-refractivity contribution in [1.82, 2.24) is 15.2 Å². The summed E-state index contributed by atoms with van der Waals surface area (Å²) in [6.07, 6.45) is 7.17. The molecular weight excluding hydrogens is 364 g/mol. The Morgan fingerprint density at radius 3 is 2.74 bits per heavy atom. The summed E-state index contributed by atoms with van der Waals surface area (Å²) in [4.78, 5) is 7.06. The van der Waals surface area contributed by atoms with E-state index in [0.717, 1.165) is 24.3 Å². The van der Waals surface area contributed by atoms with E-state index in [1.165, 1.54) is 31.4 Å². The Hall–Kier alpha value is -2.26. The molecule has 1 atom stereocenters. The second-order valence-corrected chi connectivity index (χ2v) is 8.32. The predicted molar refractivity (Wildman–Crippen MR) is 105 cm³/mol. The van der Waals surface area contributed by atoms with Crippen LogP contribution in [0.1, 0.15) is 38.2 Å². The predicted octanol–water partition coefficient (Wildman–Crippen LogP) is 1.94. The van der Waals surface area contributed by atoms with Crippen LogP contribution in [0.5, 0.6) is 0 Å². The third-order valence-electron chi connectivity index (χ3n) is 4.89. The van der Waals surface area contributed by atoms with Crippen LogP contribution in [0.4, 0.5) is 11.8 Å². The number of anilines is 2. The van der Waals surface area contributed by atoms with Crippen LogP contribution >= 0.6 is 0 Å². The van der Waals surface area contributed by atoms with Gasteiger partial charge in [0.1, 0.15) is 0 Å². The van der Waals surface area contributed by atoms with Crippen LogP contribution < -0.4 is 15.4 Å². The van der Waals surface area contributed by atoms with Gasteiger partial charge in [-0.1, -0.05) is 19.1 Å². The molecule has 0 aliphatic carbocycles. The number of aromatic nitrogens is 3. The summed E-state index contributed by atoms with van der Waals surface area (Å²) in [5.74, 6) is 1.38. The summed E-state index contributed by atoms with van der Waals surface area (Å²) in [6.45, 7) is 3.84. The molecule has 0 amide bonds. The highest BCUT2D eigenvalue weighted by Gasteiger charge is 2.22. The molecule has 1 aliphatic heterocycles. The molecule has 1 saturated heterocycles. The van der Waals surface area contributed by atoms with Crippen LogP contribution in [0, 0.1) is 0 Å². The van der Waals surface area contributed by atoms with Gasteiger partial charge >= 0.3 is 0 Å². The zero-order valence-electron chi connectivity index (χ0n) is 15.5. The van der Waals surface area contributed by atoms with Crippen molar-refractivity contribution < 1.29 is 8.42 Å². The fraction of sp³-hybridized carbons (Fsp3) is 0.500. The van der Waals surface area contributed by atoms with E-state index in [1.54, 1.807) is 18.3 Å². The highest BCUT2D eigenvalue weighted by Crippen LogP contribution is 2.24. The smallest absolute Gasteiger partial charge is 0.244 e. The highest BCUT2D eigenvalue weighted by molar-refractivity contribution is 7.89. The van der Waals surface area contributed by atoms with Gasteiger partial charge in [0.2, 0.25) is 16.0 Å². The van der Waals surface area contributed by atoms with Crippen molar-refractivity contribution in [1.29, 1.82) is 0 Å². The normalized spacial score (nSPS) is 17.7. The molecule has 2 aromatic rings. The van der Waals surface area contributed by atoms with Crippen LogP contribution in [0.2, 0.25) is 0 Å². The van der Waals surface area contributed by atoms with Gasteiger partial charge in [-0.05, 0) is 49.8 Å². The fourth-order valence-electron chi connectivity index (χ4n) is 3.40. The first-order chi connectivity index (χ1) is 13.0. The van der Waals surface area contributed by atoms with Crippen molar-refractivity contribution in [2.75, 3.05) is 23.3 Å². The van der Waals surface area contributed by atoms with Crippen molar-refractivity contribution in [3.05, 3.63) is 36.0 Å². The molecule has 0 radical (unpaired) electrons. The number of rotatable bonds is 7. The molecule has 1 unspecified atom stereocenters. The number of nitrogens with one attached hydrogen (secondary N) is 1. The summed E-state index contributed by atoms with van der Waals surface area (Å²) in [7, 11) is -3.65. The molecule has 1 aromatic carbocycles. The summed E-state index contributed by atoms with van der Waals surface area (Å²) < 4.78 is 22.6. The van der Waals surface area contributed by atoms with E-state index in [4.69, 9.17) is 5.14 Å². The minimum Gasteiger partial charge on any atom is -0.353 e. The van der Waals surface area contributed by atoms with E-state index in [0.29, 0.717) is 25.0 Å². The standard InChI is InChI=1S/C18H26N6O2S/c1-2-15-5-3-4-12-24(15)17-13-21-23-18(22-17)20-11-10-14-6-8-16(9-7-14)27(19,25)26/h6-9,13,15H,2-5,10-12H2,1H3,(H2,19,25,26)(H,20,22,23). The second-order valence-electron chi connectivity index (χ2n) is 6.76. The summed E-state index contributed by atoms with van der Waals surface area (Å²) in [6, 6.07) is 7.07. The lowest BCUT2D eigenvalue weighted by Crippen LogP contribution is -2.39. The van der Waals surface area contributed by atoms with Gasteiger partial charge in [-0.3, -0.25) is 0 Å². The number of primary sulfonamides is 1. The van der Waals surface area contributed by atoms with E-state index < -0.39 is 10.0 Å². The van der Waals surface area contributed by atoms with Gasteiger partial charge in [-0.15, -0.1) is 5.10 Å². The Morgan fingerprint density at radius 1 is 1.26 bits per heavy atom. The van der Waals surface area contributed by atoms with Gasteiger partial charge < -0.3 is 10.2 Å². The molecule has 0 bridgehead atoms. The van der Waals surface area contributed by atoms with Crippen molar-refractivity contribution in [3.63, 3.8) is 0 Å². The molecule has 0 spiro atoms. The Balaban J connectivity index is 1.58. The minimum absolute atomic E-state index is 0.117. The molecule has 2 heterocycles. The van der Waals surface area contributed by atoms with Crippen molar-refractivity contribution in [2.45, 2.75) is 50.0 Å². The van der Waals surface area contributed by atoms with Gasteiger partial charge in [-0.2, -0.15) is 10.1 Å². The zero-order valence-corrected chi connectivity index (χ0v) is 16.3. The molecule has 27 heavy (non-hydrogen) atoms. The van der Waals surface area contributed by atoms with Crippen molar-refractivity contribution >= 4 is 21.8 Å². The van der Waals surface area contributed by atoms with Crippen LogP contribution in [-0.2, 0) is 16.4 Å². The largest absolute Gasteiger partial charge is 0.353 e. The average molecular weight is 391 g/mol. The Labute approximate surface area is 160 Å². The third-order valence-corrected chi connectivity index (χ3v) is 5.82. The van der Waals surface area contributed by atoms with Gasteiger partial charge in [0.05, 0.1) is 11.1 Å². The summed E-state index contributed by atoms with van der Waals surface area (Å²) >= 11 is 0.